The van der Waals surface area contributed by atoms with Gasteiger partial charge >= 0.3 is 0 Å². The van der Waals surface area contributed by atoms with Crippen molar-refractivity contribution in [2.24, 2.45) is 0 Å². The Kier molecular flexibility index (Phi) is 12.9. The third-order valence-corrected chi connectivity index (χ3v) is 9.83. The summed E-state index contributed by atoms with van der Waals surface area (Å²) in [5.74, 6) is -0.210. The number of para-hydroxylation sites is 1. The summed E-state index contributed by atoms with van der Waals surface area (Å²) in [7, 11) is -0.729. The number of hydrogen-bond donors (Lipinski definition) is 0. The molecule has 2 aromatic carbocycles. The van der Waals surface area contributed by atoms with E-state index in [0.717, 1.165) is 55.0 Å². The first-order valence-corrected chi connectivity index (χ1v) is 15.7. The number of aromatic nitrogens is 1. The van der Waals surface area contributed by atoms with Crippen molar-refractivity contribution in [2.45, 2.75) is 18.2 Å². The molecule has 0 atom stereocenters. The fraction of sp³-hybridized carbons (Fsp3) is 0.500. The van der Waals surface area contributed by atoms with Gasteiger partial charge in [0.1, 0.15) is 0 Å². The van der Waals surface area contributed by atoms with E-state index in [4.69, 9.17) is 19.2 Å². The van der Waals surface area contributed by atoms with Gasteiger partial charge in [-0.05, 0) is 49.2 Å². The Morgan fingerprint density at radius 1 is 1.02 bits per heavy atom. The summed E-state index contributed by atoms with van der Waals surface area (Å²) >= 11 is 1.49. The summed E-state index contributed by atoms with van der Waals surface area (Å²) in [6, 6.07) is 12.1. The van der Waals surface area contributed by atoms with Gasteiger partial charge in [-0.1, -0.05) is 23.5 Å². The molecule has 13 heteroatoms. The smallest absolute Gasteiger partial charge is 0.260 e. The molecule has 0 aliphatic carbocycles. The zero-order valence-corrected chi connectivity index (χ0v) is 26.2. The van der Waals surface area contributed by atoms with Gasteiger partial charge in [0.15, 0.2) is 5.13 Å². The topological polar surface area (TPSA) is 102 Å². The Morgan fingerprint density at radius 2 is 1.68 bits per heavy atom. The zero-order chi connectivity index (χ0) is 28.5. The normalized spacial score (nSPS) is 14.3. The molecule has 1 aliphatic heterocycles. The molecule has 0 spiro atoms. The quantitative estimate of drug-likeness (QED) is 0.267. The minimum absolute atomic E-state index is 0. The highest BCUT2D eigenvalue weighted by Gasteiger charge is 2.26. The highest BCUT2D eigenvalue weighted by molar-refractivity contribution is 7.89. The molecule has 1 amide bonds. The highest BCUT2D eigenvalue weighted by Crippen LogP contribution is 2.32. The summed E-state index contributed by atoms with van der Waals surface area (Å²) in [6.07, 6.45) is 0.779. The van der Waals surface area contributed by atoms with Crippen molar-refractivity contribution in [1.82, 2.24) is 14.2 Å². The number of carbonyl (C=O) groups is 1. The molecule has 0 saturated carbocycles. The molecule has 1 fully saturated rings. The maximum Gasteiger partial charge on any atom is 0.260 e. The molecule has 0 bridgehead atoms. The molecular formula is C28H39ClN4O6S2. The van der Waals surface area contributed by atoms with Crippen molar-refractivity contribution in [3.05, 3.63) is 53.6 Å². The van der Waals surface area contributed by atoms with E-state index in [1.165, 1.54) is 42.0 Å². The largest absolute Gasteiger partial charge is 0.383 e. The van der Waals surface area contributed by atoms with Crippen LogP contribution in [0.4, 0.5) is 5.13 Å². The van der Waals surface area contributed by atoms with E-state index in [-0.39, 0.29) is 49.5 Å². The van der Waals surface area contributed by atoms with Gasteiger partial charge in [0, 0.05) is 59.1 Å². The number of anilines is 1. The first kappa shape index (κ1) is 33.3. The molecule has 41 heavy (non-hydrogen) atoms. The number of nitrogens with zero attached hydrogens (tertiary/aromatic N) is 4. The second kappa shape index (κ2) is 15.9. The number of ether oxygens (including phenoxy) is 3. The van der Waals surface area contributed by atoms with Crippen LogP contribution in [0.25, 0.3) is 10.2 Å². The average Bonchev–Trinajstić information content (AvgIpc) is 3.41. The number of fused-ring (bicyclic) bond motifs is 1. The standard InChI is InChI=1S/C28H38N4O6S2.ClH/c1-22-6-4-7-25-26(22)29-28(39-25)32(13-5-12-30-14-20-38-21-15-30)27(33)23-8-10-24(11-9-23)40(34,35)31(16-18-36-2)17-19-37-3;/h4,6-11H,5,12-21H2,1-3H3;1H. The minimum Gasteiger partial charge on any atom is -0.383 e. The van der Waals surface area contributed by atoms with Crippen LogP contribution in [-0.2, 0) is 24.2 Å². The molecule has 0 N–H and O–H groups in total. The number of thiazole rings is 1. The van der Waals surface area contributed by atoms with Crippen LogP contribution in [0.15, 0.2) is 47.4 Å². The number of rotatable bonds is 14. The number of methoxy groups -OCH3 is 2. The fourth-order valence-electron chi connectivity index (χ4n) is 4.56. The molecule has 2 heterocycles. The van der Waals surface area contributed by atoms with Gasteiger partial charge in [-0.25, -0.2) is 13.4 Å². The Balaban J connectivity index is 0.00000462. The third kappa shape index (κ3) is 8.45. The lowest BCUT2D eigenvalue weighted by molar-refractivity contribution is 0.0376. The number of morpholine rings is 1. The van der Waals surface area contributed by atoms with Crippen LogP contribution in [0.2, 0.25) is 0 Å². The predicted molar refractivity (Wildman–Crippen MR) is 164 cm³/mol. The molecule has 226 valence electrons. The van der Waals surface area contributed by atoms with Crippen molar-refractivity contribution in [3.63, 3.8) is 0 Å². The van der Waals surface area contributed by atoms with Crippen LogP contribution in [0, 0.1) is 6.92 Å². The number of hydrogen-bond acceptors (Lipinski definition) is 9. The number of sulfonamides is 1. The average molecular weight is 627 g/mol. The minimum atomic E-state index is -3.79. The van der Waals surface area contributed by atoms with E-state index < -0.39 is 10.0 Å². The van der Waals surface area contributed by atoms with Gasteiger partial charge in [-0.15, -0.1) is 12.4 Å². The van der Waals surface area contributed by atoms with Crippen LogP contribution in [0.5, 0.6) is 0 Å². The Labute approximate surface area is 252 Å². The maximum absolute atomic E-state index is 13.8. The van der Waals surface area contributed by atoms with Crippen LogP contribution < -0.4 is 4.90 Å². The Hall–Kier alpha value is -2.16. The van der Waals surface area contributed by atoms with Crippen molar-refractivity contribution >= 4 is 55.0 Å². The first-order valence-electron chi connectivity index (χ1n) is 13.4. The van der Waals surface area contributed by atoms with Crippen LogP contribution in [0.3, 0.4) is 0 Å². The van der Waals surface area contributed by atoms with Crippen molar-refractivity contribution in [2.75, 3.05) is 84.8 Å². The van der Waals surface area contributed by atoms with Gasteiger partial charge in [-0.3, -0.25) is 14.6 Å². The third-order valence-electron chi connectivity index (χ3n) is 6.87. The number of aryl methyl sites for hydroxylation is 1. The summed E-state index contributed by atoms with van der Waals surface area (Å²) < 4.78 is 44.6. The molecule has 10 nitrogen and oxygen atoms in total. The summed E-state index contributed by atoms with van der Waals surface area (Å²) in [4.78, 5) is 22.8. The van der Waals surface area contributed by atoms with Gasteiger partial charge in [0.05, 0.1) is 41.5 Å². The Bertz CT molecular complexity index is 1360. The van der Waals surface area contributed by atoms with Crippen molar-refractivity contribution in [3.8, 4) is 0 Å². The van der Waals surface area contributed by atoms with E-state index in [9.17, 15) is 13.2 Å². The van der Waals surface area contributed by atoms with Gasteiger partial charge in [-0.2, -0.15) is 4.31 Å². The van der Waals surface area contributed by atoms with Crippen LogP contribution in [-0.4, -0.2) is 108 Å². The van der Waals surface area contributed by atoms with Crippen molar-refractivity contribution in [1.29, 1.82) is 0 Å². The molecule has 1 aromatic heterocycles. The van der Waals surface area contributed by atoms with Gasteiger partial charge < -0.3 is 14.2 Å². The summed E-state index contributed by atoms with van der Waals surface area (Å²) in [5.41, 5.74) is 2.35. The molecule has 1 saturated heterocycles. The number of halogens is 1. The van der Waals surface area contributed by atoms with Crippen LogP contribution >= 0.6 is 23.7 Å². The number of benzene rings is 2. The zero-order valence-electron chi connectivity index (χ0n) is 23.8. The molecule has 3 aromatic rings. The van der Waals surface area contributed by atoms with Gasteiger partial charge in [0.2, 0.25) is 10.0 Å². The first-order chi connectivity index (χ1) is 19.3. The lowest BCUT2D eigenvalue weighted by Gasteiger charge is -2.27. The maximum atomic E-state index is 13.8. The number of carbonyl (C=O) groups excluding carboxylic acids is 1. The second-order valence-electron chi connectivity index (χ2n) is 9.60. The molecule has 0 radical (unpaired) electrons. The predicted octanol–water partition coefficient (Wildman–Crippen LogP) is 3.68. The lowest BCUT2D eigenvalue weighted by Crippen LogP contribution is -2.39. The molecule has 4 rings (SSSR count). The SMILES string of the molecule is COCCN(CCOC)S(=O)(=O)c1ccc(C(=O)N(CCCN2CCOCC2)c2nc3c(C)cccc3s2)cc1.Cl. The van der Waals surface area contributed by atoms with E-state index in [1.54, 1.807) is 17.0 Å². The number of amides is 1. The summed E-state index contributed by atoms with van der Waals surface area (Å²) in [5, 5.41) is 0.637. The van der Waals surface area contributed by atoms with E-state index in [1.807, 2.05) is 25.1 Å². The van der Waals surface area contributed by atoms with Crippen LogP contribution in [0.1, 0.15) is 22.3 Å². The monoisotopic (exact) mass is 626 g/mol. The van der Waals surface area contributed by atoms with Gasteiger partial charge in [0.25, 0.3) is 5.91 Å². The molecule has 1 aliphatic rings. The summed E-state index contributed by atoms with van der Waals surface area (Å²) in [6.45, 7) is 7.52. The molecular weight excluding hydrogens is 588 g/mol. The van der Waals surface area contributed by atoms with E-state index in [2.05, 4.69) is 4.90 Å². The Morgan fingerprint density at radius 3 is 2.29 bits per heavy atom. The van der Waals surface area contributed by atoms with E-state index in [0.29, 0.717) is 17.2 Å². The van der Waals surface area contributed by atoms with E-state index >= 15 is 0 Å². The highest BCUT2D eigenvalue weighted by atomic mass is 35.5. The van der Waals surface area contributed by atoms with Crippen molar-refractivity contribution < 1.29 is 27.4 Å². The lowest BCUT2D eigenvalue weighted by atomic mass is 10.2. The fourth-order valence-corrected chi connectivity index (χ4v) is 7.04. The molecule has 0 unspecified atom stereocenters. The second-order valence-corrected chi connectivity index (χ2v) is 12.5.